The van der Waals surface area contributed by atoms with E-state index >= 15 is 0 Å². The van der Waals surface area contributed by atoms with E-state index in [2.05, 4.69) is 20.6 Å². The van der Waals surface area contributed by atoms with Crippen molar-refractivity contribution in [2.24, 2.45) is 0 Å². The molecule has 0 saturated carbocycles. The molecule has 1 atom stereocenters. The van der Waals surface area contributed by atoms with Crippen molar-refractivity contribution in [2.75, 3.05) is 11.1 Å². The van der Waals surface area contributed by atoms with Crippen molar-refractivity contribution < 1.29 is 14.0 Å². The second-order valence-corrected chi connectivity index (χ2v) is 7.75. The van der Waals surface area contributed by atoms with Crippen LogP contribution in [0.1, 0.15) is 41.9 Å². The molecule has 8 heteroatoms. The minimum atomic E-state index is -0.269. The first kappa shape index (κ1) is 20.9. The molecule has 152 valence electrons. The van der Waals surface area contributed by atoms with Crippen LogP contribution in [0.5, 0.6) is 0 Å². The fourth-order valence-electron chi connectivity index (χ4n) is 2.70. The Morgan fingerprint density at radius 1 is 1.17 bits per heavy atom. The lowest BCUT2D eigenvalue weighted by atomic mass is 10.2. The number of carbonyl (C=O) groups excluding carboxylic acids is 2. The molecule has 0 spiro atoms. The molecule has 0 aliphatic heterocycles. The molecule has 2 amide bonds. The van der Waals surface area contributed by atoms with E-state index in [0.29, 0.717) is 33.4 Å². The highest BCUT2D eigenvalue weighted by Gasteiger charge is 2.19. The predicted octanol–water partition coefficient (Wildman–Crippen LogP) is 4.10. The Hall–Kier alpha value is -2.87. The standard InChI is InChI=1S/C21H24N4O3S/c1-5-12(2)22-16(26)11-29-21-24-18(17-13(3)14(4)28-20(17)25-21)23-19(27)15-9-7-6-8-10-15/h6-10,12H,5,11H2,1-4H3,(H,22,26)(H,23,24,25,27). The molecular weight excluding hydrogens is 388 g/mol. The maximum absolute atomic E-state index is 12.6. The highest BCUT2D eigenvalue weighted by molar-refractivity contribution is 7.99. The second-order valence-electron chi connectivity index (χ2n) is 6.80. The van der Waals surface area contributed by atoms with E-state index in [1.165, 1.54) is 11.8 Å². The van der Waals surface area contributed by atoms with Gasteiger partial charge in [0.05, 0.1) is 11.1 Å². The van der Waals surface area contributed by atoms with E-state index in [0.717, 1.165) is 12.0 Å². The molecule has 0 radical (unpaired) electrons. The number of rotatable bonds is 7. The van der Waals surface area contributed by atoms with Crippen LogP contribution in [0, 0.1) is 13.8 Å². The van der Waals surface area contributed by atoms with Gasteiger partial charge < -0.3 is 15.1 Å². The van der Waals surface area contributed by atoms with Gasteiger partial charge in [-0.1, -0.05) is 36.9 Å². The zero-order chi connectivity index (χ0) is 21.0. The summed E-state index contributed by atoms with van der Waals surface area (Å²) in [5, 5.41) is 6.81. The molecule has 1 aromatic carbocycles. The van der Waals surface area contributed by atoms with Crippen LogP contribution in [0.2, 0.25) is 0 Å². The average Bonchev–Trinajstić information content (AvgIpc) is 3.00. The third-order valence-corrected chi connectivity index (χ3v) is 5.48. The van der Waals surface area contributed by atoms with Gasteiger partial charge in [0, 0.05) is 17.2 Å². The summed E-state index contributed by atoms with van der Waals surface area (Å²) in [6.07, 6.45) is 0.861. The number of hydrogen-bond donors (Lipinski definition) is 2. The van der Waals surface area contributed by atoms with Gasteiger partial charge in [0.1, 0.15) is 11.6 Å². The van der Waals surface area contributed by atoms with Crippen LogP contribution in [-0.4, -0.2) is 33.6 Å². The van der Waals surface area contributed by atoms with E-state index < -0.39 is 0 Å². The van der Waals surface area contributed by atoms with E-state index in [-0.39, 0.29) is 23.6 Å². The summed E-state index contributed by atoms with van der Waals surface area (Å²) >= 11 is 1.20. The Morgan fingerprint density at radius 2 is 1.90 bits per heavy atom. The first-order chi connectivity index (χ1) is 13.9. The number of anilines is 1. The van der Waals surface area contributed by atoms with Crippen LogP contribution in [0.25, 0.3) is 11.1 Å². The summed E-state index contributed by atoms with van der Waals surface area (Å²) in [6.45, 7) is 7.70. The zero-order valence-electron chi connectivity index (χ0n) is 16.9. The molecule has 7 nitrogen and oxygen atoms in total. The number of thioether (sulfide) groups is 1. The highest BCUT2D eigenvalue weighted by atomic mass is 32.2. The zero-order valence-corrected chi connectivity index (χ0v) is 17.7. The van der Waals surface area contributed by atoms with Crippen LogP contribution >= 0.6 is 11.8 Å². The number of aromatic nitrogens is 2. The van der Waals surface area contributed by atoms with Crippen LogP contribution in [0.4, 0.5) is 5.82 Å². The largest absolute Gasteiger partial charge is 0.443 e. The molecule has 0 fully saturated rings. The topological polar surface area (TPSA) is 97.1 Å². The number of nitrogens with zero attached hydrogens (tertiary/aromatic N) is 2. The third kappa shape index (κ3) is 4.95. The molecule has 2 aromatic heterocycles. The molecular formula is C21H24N4O3S. The van der Waals surface area contributed by atoms with Crippen molar-refractivity contribution in [3.05, 3.63) is 47.2 Å². The maximum Gasteiger partial charge on any atom is 0.256 e. The van der Waals surface area contributed by atoms with Gasteiger partial charge in [-0.25, -0.2) is 4.98 Å². The summed E-state index contributed by atoms with van der Waals surface area (Å²) in [4.78, 5) is 33.6. The fraction of sp³-hybridized carbons (Fsp3) is 0.333. The molecule has 0 saturated heterocycles. The van der Waals surface area contributed by atoms with Crippen LogP contribution in [0.3, 0.4) is 0 Å². The number of amides is 2. The number of aryl methyl sites for hydroxylation is 2. The number of fused-ring (bicyclic) bond motifs is 1. The number of hydrogen-bond acceptors (Lipinski definition) is 6. The van der Waals surface area contributed by atoms with Gasteiger partial charge >= 0.3 is 0 Å². The van der Waals surface area contributed by atoms with Crippen molar-refractivity contribution >= 4 is 40.5 Å². The van der Waals surface area contributed by atoms with Gasteiger partial charge in [-0.15, -0.1) is 0 Å². The molecule has 3 rings (SSSR count). The highest BCUT2D eigenvalue weighted by Crippen LogP contribution is 2.31. The third-order valence-electron chi connectivity index (χ3n) is 4.63. The summed E-state index contributed by atoms with van der Waals surface area (Å²) < 4.78 is 5.74. The normalized spacial score (nSPS) is 12.0. The Kier molecular flexibility index (Phi) is 6.53. The number of carbonyl (C=O) groups is 2. The lowest BCUT2D eigenvalue weighted by molar-refractivity contribution is -0.119. The van der Waals surface area contributed by atoms with Crippen LogP contribution in [-0.2, 0) is 4.79 Å². The average molecular weight is 413 g/mol. The molecule has 1 unspecified atom stereocenters. The number of furan rings is 1. The number of nitrogens with one attached hydrogen (secondary N) is 2. The first-order valence-electron chi connectivity index (χ1n) is 9.45. The monoisotopic (exact) mass is 412 g/mol. The first-order valence-corrected chi connectivity index (χ1v) is 10.4. The Morgan fingerprint density at radius 3 is 2.59 bits per heavy atom. The molecule has 0 bridgehead atoms. The summed E-state index contributed by atoms with van der Waals surface area (Å²) in [6, 6.07) is 9.03. The lowest BCUT2D eigenvalue weighted by Gasteiger charge is -2.11. The smallest absolute Gasteiger partial charge is 0.256 e. The van der Waals surface area contributed by atoms with Crippen molar-refractivity contribution in [3.63, 3.8) is 0 Å². The molecule has 2 heterocycles. The van der Waals surface area contributed by atoms with Gasteiger partial charge in [0.25, 0.3) is 5.91 Å². The van der Waals surface area contributed by atoms with Gasteiger partial charge in [0.2, 0.25) is 11.6 Å². The molecule has 3 aromatic rings. The van der Waals surface area contributed by atoms with E-state index in [1.54, 1.807) is 24.3 Å². The SMILES string of the molecule is CCC(C)NC(=O)CSc1nc(NC(=O)c2ccccc2)c2c(C)c(C)oc2n1. The summed E-state index contributed by atoms with van der Waals surface area (Å²) in [5.74, 6) is 0.911. The van der Waals surface area contributed by atoms with E-state index in [4.69, 9.17) is 4.42 Å². The van der Waals surface area contributed by atoms with Gasteiger partial charge in [-0.05, 0) is 39.3 Å². The van der Waals surface area contributed by atoms with Crippen molar-refractivity contribution in [3.8, 4) is 0 Å². The van der Waals surface area contributed by atoms with Crippen molar-refractivity contribution in [1.82, 2.24) is 15.3 Å². The Labute approximate surface area is 173 Å². The van der Waals surface area contributed by atoms with E-state index in [9.17, 15) is 9.59 Å². The maximum atomic E-state index is 12.6. The van der Waals surface area contributed by atoms with Gasteiger partial charge in [-0.2, -0.15) is 4.98 Å². The van der Waals surface area contributed by atoms with Crippen molar-refractivity contribution in [1.29, 1.82) is 0 Å². The second kappa shape index (κ2) is 9.09. The molecule has 0 aliphatic carbocycles. The predicted molar refractivity (Wildman–Crippen MR) is 114 cm³/mol. The van der Waals surface area contributed by atoms with Crippen LogP contribution < -0.4 is 10.6 Å². The molecule has 2 N–H and O–H groups in total. The Balaban J connectivity index is 1.87. The minimum absolute atomic E-state index is 0.0882. The van der Waals surface area contributed by atoms with Gasteiger partial charge in [0.15, 0.2) is 5.16 Å². The minimum Gasteiger partial charge on any atom is -0.443 e. The van der Waals surface area contributed by atoms with E-state index in [1.807, 2.05) is 33.8 Å². The quantitative estimate of drug-likeness (QED) is 0.448. The lowest BCUT2D eigenvalue weighted by Crippen LogP contribution is -2.33. The number of benzene rings is 1. The Bertz CT molecular complexity index is 1030. The fourth-order valence-corrected chi connectivity index (χ4v) is 3.35. The van der Waals surface area contributed by atoms with Gasteiger partial charge in [-0.3, -0.25) is 9.59 Å². The molecule has 0 aliphatic rings. The summed E-state index contributed by atoms with van der Waals surface area (Å²) in [7, 11) is 0. The molecule has 29 heavy (non-hydrogen) atoms. The van der Waals surface area contributed by atoms with Crippen molar-refractivity contribution in [2.45, 2.75) is 45.3 Å². The van der Waals surface area contributed by atoms with Crippen LogP contribution in [0.15, 0.2) is 39.9 Å². The summed E-state index contributed by atoms with van der Waals surface area (Å²) in [5.41, 5.74) is 1.79.